The maximum absolute atomic E-state index is 12.9. The molecular weight excluding hydrogens is 623 g/mol. The van der Waals surface area contributed by atoms with E-state index >= 15 is 0 Å². The summed E-state index contributed by atoms with van der Waals surface area (Å²) < 4.78 is 6.42. The van der Waals surface area contributed by atoms with Crippen molar-refractivity contribution < 1.29 is 14.6 Å². The molecule has 228 valence electrons. The molecule has 0 bridgehead atoms. The minimum atomic E-state index is -0.218. The van der Waals surface area contributed by atoms with Crippen LogP contribution in [0.2, 0.25) is 0 Å². The quantitative estimate of drug-likeness (QED) is 0.122. The Labute approximate surface area is 262 Å². The zero-order valence-corrected chi connectivity index (χ0v) is 28.0. The van der Waals surface area contributed by atoms with Crippen LogP contribution in [-0.2, 0) is 11.3 Å². The molecule has 41 heavy (non-hydrogen) atoms. The summed E-state index contributed by atoms with van der Waals surface area (Å²) in [4.78, 5) is 17.9. The van der Waals surface area contributed by atoms with Gasteiger partial charge in [-0.2, -0.15) is 0 Å². The zero-order valence-electron chi connectivity index (χ0n) is 25.8. The fourth-order valence-electron chi connectivity index (χ4n) is 8.63. The molecule has 5 atom stereocenters. The lowest BCUT2D eigenvalue weighted by Crippen LogP contribution is -2.72. The zero-order chi connectivity index (χ0) is 29.3. The lowest BCUT2D eigenvalue weighted by Gasteiger charge is -2.66. The van der Waals surface area contributed by atoms with Crippen molar-refractivity contribution in [3.63, 3.8) is 0 Å². The van der Waals surface area contributed by atoms with E-state index in [-0.39, 0.29) is 11.6 Å². The van der Waals surface area contributed by atoms with Crippen LogP contribution in [0.1, 0.15) is 91.0 Å². The van der Waals surface area contributed by atoms with E-state index in [0.717, 1.165) is 21.3 Å². The smallest absolute Gasteiger partial charge is 0.410 e. The Hall–Kier alpha value is -1.28. The first-order valence-electron chi connectivity index (χ1n) is 16.3. The number of ether oxygens (including phenoxy) is 1. The molecule has 5 rings (SSSR count). The molecule has 0 aromatic heterocycles. The minimum absolute atomic E-state index is 0.0821. The summed E-state index contributed by atoms with van der Waals surface area (Å²) in [5.41, 5.74) is 1.09. The van der Waals surface area contributed by atoms with Crippen LogP contribution < -0.4 is 0 Å². The van der Waals surface area contributed by atoms with Gasteiger partial charge in [0.2, 0.25) is 0 Å². The van der Waals surface area contributed by atoms with E-state index in [1.807, 2.05) is 35.2 Å². The molecule has 1 N–H and O–H groups in total. The van der Waals surface area contributed by atoms with Gasteiger partial charge in [-0.25, -0.2) is 4.79 Å². The van der Waals surface area contributed by atoms with E-state index in [2.05, 4.69) is 61.8 Å². The van der Waals surface area contributed by atoms with Gasteiger partial charge in [0.25, 0.3) is 0 Å². The number of halogens is 1. The lowest BCUT2D eigenvalue weighted by atomic mass is 9.53. The van der Waals surface area contributed by atoms with Crippen molar-refractivity contribution in [3.05, 3.63) is 48.2 Å². The standard InChI is InChI=1S/C35H53IN2O3/c1-23(2)15-33(29-18-28(19-29)16-25(4)36)38(31-11-12-31)35(14-13-24(35)3)32(17-26(5)39)30-20-37(21-30)34(40)41-22-27-9-7-6-8-10-27/h6-10,23-25,28-33,39H,5,11-22H2,1-4H3. The predicted octanol–water partition coefficient (Wildman–Crippen LogP) is 8.62. The number of aliphatic hydroxyl groups is 1. The van der Waals surface area contributed by atoms with Crippen LogP contribution in [-0.4, -0.2) is 55.6 Å². The van der Waals surface area contributed by atoms with Gasteiger partial charge in [0.15, 0.2) is 0 Å². The maximum atomic E-state index is 12.9. The molecule has 1 aliphatic heterocycles. The Balaban J connectivity index is 1.34. The summed E-state index contributed by atoms with van der Waals surface area (Å²) in [6.07, 6.45) is 10.8. The van der Waals surface area contributed by atoms with E-state index < -0.39 is 0 Å². The summed E-state index contributed by atoms with van der Waals surface area (Å²) in [6.45, 7) is 15.3. The number of carbonyl (C=O) groups excluding carboxylic acids is 1. The second-order valence-electron chi connectivity index (χ2n) is 14.5. The van der Waals surface area contributed by atoms with Crippen molar-refractivity contribution in [3.8, 4) is 0 Å². The lowest BCUT2D eigenvalue weighted by molar-refractivity contribution is -0.159. The number of rotatable bonds is 14. The Morgan fingerprint density at radius 3 is 2.34 bits per heavy atom. The van der Waals surface area contributed by atoms with E-state index in [9.17, 15) is 9.90 Å². The highest BCUT2D eigenvalue weighted by Gasteiger charge is 2.62. The maximum Gasteiger partial charge on any atom is 0.410 e. The van der Waals surface area contributed by atoms with Crippen molar-refractivity contribution >= 4 is 28.7 Å². The van der Waals surface area contributed by atoms with Crippen molar-refractivity contribution in [1.29, 1.82) is 0 Å². The largest absolute Gasteiger partial charge is 0.513 e. The summed E-state index contributed by atoms with van der Waals surface area (Å²) >= 11 is 2.60. The first kappa shape index (κ1) is 31.2. The fraction of sp³-hybridized carbons (Fsp3) is 0.743. The highest BCUT2D eigenvalue weighted by molar-refractivity contribution is 14.1. The summed E-state index contributed by atoms with van der Waals surface area (Å²) in [5, 5.41) is 10.6. The van der Waals surface area contributed by atoms with Crippen molar-refractivity contribution in [1.82, 2.24) is 9.80 Å². The van der Waals surface area contributed by atoms with Crippen LogP contribution in [0.15, 0.2) is 42.7 Å². The molecular formula is C35H53IN2O3. The van der Waals surface area contributed by atoms with Gasteiger partial charge in [0.05, 0.1) is 5.76 Å². The molecule has 3 aliphatic carbocycles. The Kier molecular flexibility index (Phi) is 9.99. The van der Waals surface area contributed by atoms with Gasteiger partial charge in [-0.3, -0.25) is 4.90 Å². The second kappa shape index (κ2) is 13.2. The van der Waals surface area contributed by atoms with E-state index in [1.165, 1.54) is 51.4 Å². The van der Waals surface area contributed by atoms with E-state index in [1.54, 1.807) is 0 Å². The minimum Gasteiger partial charge on any atom is -0.513 e. The molecule has 1 heterocycles. The van der Waals surface area contributed by atoms with Gasteiger partial charge < -0.3 is 14.7 Å². The number of likely N-dealkylation sites (tertiary alicyclic amines) is 1. The molecule has 1 saturated heterocycles. The third-order valence-electron chi connectivity index (χ3n) is 10.8. The van der Waals surface area contributed by atoms with E-state index in [0.29, 0.717) is 67.6 Å². The molecule has 3 saturated carbocycles. The number of nitrogens with zero attached hydrogens (tertiary/aromatic N) is 2. The second-order valence-corrected chi connectivity index (χ2v) is 16.6. The Morgan fingerprint density at radius 2 is 1.83 bits per heavy atom. The number of hydrogen-bond donors (Lipinski definition) is 1. The van der Waals surface area contributed by atoms with Crippen LogP contribution in [0.3, 0.4) is 0 Å². The number of aliphatic hydroxyl groups excluding tert-OH is 1. The van der Waals surface area contributed by atoms with Gasteiger partial charge >= 0.3 is 6.09 Å². The van der Waals surface area contributed by atoms with Crippen LogP contribution in [0.5, 0.6) is 0 Å². The third-order valence-corrected chi connectivity index (χ3v) is 11.3. The molecule has 4 fully saturated rings. The predicted molar refractivity (Wildman–Crippen MR) is 175 cm³/mol. The number of hydrogen-bond acceptors (Lipinski definition) is 4. The van der Waals surface area contributed by atoms with Crippen LogP contribution in [0.4, 0.5) is 4.79 Å². The highest BCUT2D eigenvalue weighted by atomic mass is 127. The van der Waals surface area contributed by atoms with Crippen LogP contribution >= 0.6 is 22.6 Å². The number of amides is 1. The van der Waals surface area contributed by atoms with Crippen LogP contribution in [0, 0.1) is 35.5 Å². The Bertz CT molecular complexity index is 1030. The van der Waals surface area contributed by atoms with Crippen molar-refractivity contribution in [2.24, 2.45) is 35.5 Å². The highest BCUT2D eigenvalue weighted by Crippen LogP contribution is 2.59. The first-order valence-corrected chi connectivity index (χ1v) is 17.6. The SMILES string of the molecule is C=C(O)CC(C1CN(C(=O)OCc2ccccc2)C1)C1(N(C2CC2)C(CC(C)C)C2CC(CC(C)I)C2)CCC1C. The number of allylic oxidation sites excluding steroid dienone is 1. The summed E-state index contributed by atoms with van der Waals surface area (Å²) in [5.74, 6) is 3.89. The van der Waals surface area contributed by atoms with Crippen LogP contribution in [0.25, 0.3) is 0 Å². The molecule has 4 aliphatic rings. The Morgan fingerprint density at radius 1 is 1.15 bits per heavy atom. The molecule has 0 spiro atoms. The van der Waals surface area contributed by atoms with Gasteiger partial charge in [-0.1, -0.05) is 87.2 Å². The molecule has 6 heteroatoms. The van der Waals surface area contributed by atoms with Crippen molar-refractivity contribution in [2.75, 3.05) is 13.1 Å². The first-order chi connectivity index (χ1) is 19.6. The van der Waals surface area contributed by atoms with Gasteiger partial charge in [-0.15, -0.1) is 0 Å². The molecule has 1 aromatic carbocycles. The normalized spacial score (nSPS) is 30.2. The molecule has 5 unspecified atom stereocenters. The molecule has 0 radical (unpaired) electrons. The van der Waals surface area contributed by atoms with Gasteiger partial charge in [0.1, 0.15) is 6.61 Å². The number of alkyl halides is 1. The topological polar surface area (TPSA) is 53.0 Å². The molecule has 1 aromatic rings. The number of benzene rings is 1. The molecule has 5 nitrogen and oxygen atoms in total. The average molecular weight is 677 g/mol. The monoisotopic (exact) mass is 676 g/mol. The van der Waals surface area contributed by atoms with E-state index in [4.69, 9.17) is 4.74 Å². The summed E-state index contributed by atoms with van der Waals surface area (Å²) in [6, 6.07) is 11.2. The van der Waals surface area contributed by atoms with Gasteiger partial charge in [0, 0.05) is 41.1 Å². The van der Waals surface area contributed by atoms with Crippen molar-refractivity contribution in [2.45, 2.75) is 114 Å². The molecule has 1 amide bonds. The third kappa shape index (κ3) is 6.94. The number of carbonyl (C=O) groups is 1. The fourth-order valence-corrected chi connectivity index (χ4v) is 9.35. The average Bonchev–Trinajstić information content (AvgIpc) is 3.69. The summed E-state index contributed by atoms with van der Waals surface area (Å²) in [7, 11) is 0. The van der Waals surface area contributed by atoms with Gasteiger partial charge in [-0.05, 0) is 92.4 Å².